The lowest BCUT2D eigenvalue weighted by Crippen LogP contribution is -2.08. The van der Waals surface area contributed by atoms with E-state index in [4.69, 9.17) is 24.7 Å². The van der Waals surface area contributed by atoms with E-state index >= 15 is 0 Å². The number of hydrogen-bond acceptors (Lipinski definition) is 19. The molecule has 244 valence electrons. The van der Waals surface area contributed by atoms with E-state index in [0.717, 1.165) is 49.1 Å². The molecule has 0 saturated heterocycles. The zero-order valence-electron chi connectivity index (χ0n) is 22.7. The van der Waals surface area contributed by atoms with Crippen LogP contribution in [0.15, 0.2) is 0 Å². The van der Waals surface area contributed by atoms with Gasteiger partial charge in [-0.05, 0) is 0 Å². The van der Waals surface area contributed by atoms with Gasteiger partial charge in [-0.2, -0.15) is 35.3 Å². The predicted molar refractivity (Wildman–Crippen MR) is 202 cm³/mol. The quantitative estimate of drug-likeness (QED) is 0.0289. The van der Waals surface area contributed by atoms with Crippen LogP contribution < -0.4 is 0 Å². The van der Waals surface area contributed by atoms with Crippen molar-refractivity contribution in [3.63, 3.8) is 0 Å². The van der Waals surface area contributed by atoms with Crippen LogP contribution in [-0.2, 0) is 34.9 Å². The van der Waals surface area contributed by atoms with Crippen molar-refractivity contribution in [2.45, 2.75) is 0 Å². The van der Waals surface area contributed by atoms with Crippen molar-refractivity contribution in [3.8, 4) is 0 Å². The highest BCUT2D eigenvalue weighted by molar-refractivity contribution is 8.20. The van der Waals surface area contributed by atoms with Crippen LogP contribution in [0.4, 0.5) is 0 Å². The molecule has 0 aromatic rings. The summed E-state index contributed by atoms with van der Waals surface area (Å²) in [6.45, 7) is 0.514. The molecule has 8 nitrogen and oxygen atoms in total. The highest BCUT2D eigenvalue weighted by Crippen LogP contribution is 2.19. The van der Waals surface area contributed by atoms with Gasteiger partial charge >= 0.3 is 5.97 Å². The number of aliphatic hydroxyl groups excluding tert-OH is 2. The van der Waals surface area contributed by atoms with E-state index in [1.807, 2.05) is 11.8 Å². The van der Waals surface area contributed by atoms with Gasteiger partial charge in [-0.1, -0.05) is 11.8 Å². The first-order chi connectivity index (χ1) is 20.1. The monoisotopic (exact) mass is 804 g/mol. The normalized spacial score (nSPS) is 12.0. The standard InChI is InChI=1S/C21H40O8S12/c22-11-36-18-38-13-27-20(24)9-34-17-33-6-8-41(26)7-5-32-15-31-3-4-40-21(25)10-35-16-30-2-1-28-29-14-39-19-37-12-23/h22-23H,1-19H2. The van der Waals surface area contributed by atoms with E-state index in [-0.39, 0.29) is 23.0 Å². The second-order valence-corrected chi connectivity index (χ2v) is 21.6. The van der Waals surface area contributed by atoms with Crippen molar-refractivity contribution in [2.24, 2.45) is 0 Å². The lowest BCUT2D eigenvalue weighted by molar-refractivity contribution is -0.274. The molecule has 1 unspecified atom stereocenters. The van der Waals surface area contributed by atoms with E-state index in [1.165, 1.54) is 58.8 Å². The van der Waals surface area contributed by atoms with E-state index < -0.39 is 10.8 Å². The summed E-state index contributed by atoms with van der Waals surface area (Å²) >= 11 is 17.4. The maximum Gasteiger partial charge on any atom is 0.316 e. The van der Waals surface area contributed by atoms with Crippen LogP contribution >= 0.6 is 129 Å². The summed E-state index contributed by atoms with van der Waals surface area (Å²) < 4.78 is 17.2. The number of carbonyl (C=O) groups excluding carboxylic acids is 2. The molecule has 1 atom stereocenters. The minimum absolute atomic E-state index is 0.0743. The second-order valence-electron chi connectivity index (χ2n) is 6.75. The smallest absolute Gasteiger partial charge is 0.316 e. The van der Waals surface area contributed by atoms with Crippen LogP contribution in [0.5, 0.6) is 0 Å². The number of hydrogen-bond donors (Lipinski definition) is 2. The summed E-state index contributed by atoms with van der Waals surface area (Å²) in [7, 11) is -0.815. The second kappa shape index (κ2) is 37.4. The first-order valence-corrected chi connectivity index (χ1v) is 26.0. The van der Waals surface area contributed by atoms with E-state index in [2.05, 4.69) is 0 Å². The van der Waals surface area contributed by atoms with Gasteiger partial charge in [0.25, 0.3) is 0 Å². The zero-order valence-corrected chi connectivity index (χ0v) is 32.5. The van der Waals surface area contributed by atoms with Gasteiger partial charge in [0, 0.05) is 76.5 Å². The summed E-state index contributed by atoms with van der Waals surface area (Å²) in [5, 5.41) is 21.6. The molecule has 0 fully saturated rings. The largest absolute Gasteiger partial charge is 0.454 e. The highest BCUT2D eigenvalue weighted by atomic mass is 32.2. The number of aliphatic hydroxyl groups is 2. The van der Waals surface area contributed by atoms with Crippen molar-refractivity contribution >= 4 is 151 Å². The Balaban J connectivity index is 3.31. The minimum atomic E-state index is -0.815. The van der Waals surface area contributed by atoms with Crippen molar-refractivity contribution in [1.29, 1.82) is 0 Å². The highest BCUT2D eigenvalue weighted by Gasteiger charge is 2.06. The number of ether oxygens (including phenoxy) is 1. The first-order valence-electron chi connectivity index (χ1n) is 12.0. The van der Waals surface area contributed by atoms with Crippen LogP contribution in [0.2, 0.25) is 0 Å². The molecule has 0 amide bonds. The fourth-order valence-corrected chi connectivity index (χ4v) is 13.2. The van der Waals surface area contributed by atoms with Gasteiger partial charge < -0.3 is 14.9 Å². The molecule has 2 N–H and O–H groups in total. The van der Waals surface area contributed by atoms with Crippen molar-refractivity contribution in [1.82, 2.24) is 0 Å². The third-order valence-corrected chi connectivity index (χ3v) is 17.3. The average molecular weight is 805 g/mol. The van der Waals surface area contributed by atoms with Gasteiger partial charge in [0.2, 0.25) is 0 Å². The predicted octanol–water partition coefficient (Wildman–Crippen LogP) is 5.42. The van der Waals surface area contributed by atoms with Crippen molar-refractivity contribution in [2.75, 3.05) is 108 Å². The Kier molecular flexibility index (Phi) is 40.2. The lowest BCUT2D eigenvalue weighted by Gasteiger charge is -2.05. The maximum atomic E-state index is 12.1. The molecule has 0 rings (SSSR count). The van der Waals surface area contributed by atoms with Crippen LogP contribution in [0.25, 0.3) is 0 Å². The Morgan fingerprint density at radius 1 is 0.585 bits per heavy atom. The fraction of sp³-hybridized carbons (Fsp3) is 0.905. The summed E-state index contributed by atoms with van der Waals surface area (Å²) in [5.41, 5.74) is 0. The van der Waals surface area contributed by atoms with E-state index in [1.54, 1.807) is 58.8 Å². The van der Waals surface area contributed by atoms with Gasteiger partial charge in [-0.25, -0.2) is 9.78 Å². The van der Waals surface area contributed by atoms with Crippen LogP contribution in [0.3, 0.4) is 0 Å². The summed E-state index contributed by atoms with van der Waals surface area (Å²) in [5.74, 6) is 7.21. The van der Waals surface area contributed by atoms with E-state index in [9.17, 15) is 13.8 Å². The first kappa shape index (κ1) is 44.0. The number of esters is 1. The molecule has 0 saturated carbocycles. The Morgan fingerprint density at radius 3 is 1.83 bits per heavy atom. The molecule has 20 heteroatoms. The molecule has 0 aromatic carbocycles. The average Bonchev–Trinajstić information content (AvgIpc) is 2.96. The Hall–Kier alpha value is 2.98. The number of thioether (sulfide) groups is 11. The van der Waals surface area contributed by atoms with Gasteiger partial charge in [0.15, 0.2) is 5.12 Å². The molecule has 0 aromatic heterocycles. The summed E-state index contributed by atoms with van der Waals surface area (Å²) in [4.78, 5) is 33.6. The zero-order chi connectivity index (χ0) is 30.1. The molecule has 0 radical (unpaired) electrons. The summed E-state index contributed by atoms with van der Waals surface area (Å²) in [6.07, 6.45) is 0. The molecule has 0 heterocycles. The minimum Gasteiger partial charge on any atom is -0.454 e. The van der Waals surface area contributed by atoms with Crippen LogP contribution in [0, 0.1) is 0 Å². The van der Waals surface area contributed by atoms with Gasteiger partial charge in [0.1, 0.15) is 11.9 Å². The number of rotatable bonds is 33. The SMILES string of the molecule is O=C(CSCSCCS(=O)CCSCSCCSC(=O)CSCSCCOOCSCSCO)OCSCSCO. The Bertz CT molecular complexity index is 627. The van der Waals surface area contributed by atoms with Crippen molar-refractivity contribution in [3.05, 3.63) is 0 Å². The van der Waals surface area contributed by atoms with Crippen LogP contribution in [0.1, 0.15) is 0 Å². The van der Waals surface area contributed by atoms with Crippen molar-refractivity contribution < 1.29 is 38.5 Å². The molecule has 0 bridgehead atoms. The van der Waals surface area contributed by atoms with Gasteiger partial charge in [0.05, 0.1) is 30.0 Å². The number of carbonyl (C=O) groups is 2. The lowest BCUT2D eigenvalue weighted by atomic mass is 10.8. The summed E-state index contributed by atoms with van der Waals surface area (Å²) in [6, 6.07) is 0. The molecule has 0 aliphatic heterocycles. The van der Waals surface area contributed by atoms with Crippen LogP contribution in [-0.4, -0.2) is 133 Å². The Labute approximate surface area is 294 Å². The Morgan fingerprint density at radius 2 is 1.15 bits per heavy atom. The van der Waals surface area contributed by atoms with Gasteiger partial charge in [-0.15, -0.1) is 82.3 Å². The molecular formula is C21H40O8S12. The fourth-order valence-electron chi connectivity index (χ4n) is 1.95. The van der Waals surface area contributed by atoms with E-state index in [0.29, 0.717) is 46.6 Å². The molecule has 0 aliphatic carbocycles. The topological polar surface area (TPSA) is 119 Å². The third kappa shape index (κ3) is 37.3. The third-order valence-electron chi connectivity index (χ3n) is 3.69. The molecule has 41 heavy (non-hydrogen) atoms. The molecular weight excluding hydrogens is 765 g/mol. The molecule has 0 spiro atoms. The molecule has 0 aliphatic rings. The maximum absolute atomic E-state index is 12.1. The van der Waals surface area contributed by atoms with Gasteiger partial charge in [-0.3, -0.25) is 13.8 Å².